The predicted molar refractivity (Wildman–Crippen MR) is 80.2 cm³/mol. The van der Waals surface area contributed by atoms with Gasteiger partial charge in [-0.2, -0.15) is 13.2 Å². The van der Waals surface area contributed by atoms with Crippen LogP contribution < -0.4 is 5.32 Å². The summed E-state index contributed by atoms with van der Waals surface area (Å²) >= 11 is 0. The molecular weight excluding hydrogens is 325 g/mol. The van der Waals surface area contributed by atoms with Gasteiger partial charge in [-0.15, -0.1) is 0 Å². The van der Waals surface area contributed by atoms with E-state index < -0.39 is 35.4 Å². The lowest BCUT2D eigenvalue weighted by molar-refractivity contribution is -0.138. The van der Waals surface area contributed by atoms with Crippen molar-refractivity contribution in [3.05, 3.63) is 35.4 Å². The topological polar surface area (TPSA) is 69.6 Å². The third-order valence-corrected chi connectivity index (χ3v) is 4.01. The molecule has 2 rings (SSSR count). The minimum Gasteiger partial charge on any atom is -0.391 e. The van der Waals surface area contributed by atoms with Gasteiger partial charge in [-0.1, -0.05) is 12.1 Å². The molecule has 1 saturated heterocycles. The maximum absolute atomic E-state index is 13.1. The first-order chi connectivity index (χ1) is 11.2. The van der Waals surface area contributed by atoms with E-state index in [9.17, 15) is 27.9 Å². The van der Waals surface area contributed by atoms with Crippen molar-refractivity contribution in [2.75, 3.05) is 13.1 Å². The van der Waals surface area contributed by atoms with Crippen molar-refractivity contribution < 1.29 is 27.9 Å². The number of hydrogen-bond donors (Lipinski definition) is 2. The van der Waals surface area contributed by atoms with E-state index in [1.54, 1.807) is 0 Å². The summed E-state index contributed by atoms with van der Waals surface area (Å²) in [4.78, 5) is 24.9. The first kappa shape index (κ1) is 18.3. The molecule has 2 atom stereocenters. The first-order valence-corrected chi connectivity index (χ1v) is 7.61. The summed E-state index contributed by atoms with van der Waals surface area (Å²) in [6.45, 7) is 1.61. The molecule has 8 heteroatoms. The molecular formula is C16H19F3N2O3. The molecule has 0 aromatic heterocycles. The van der Waals surface area contributed by atoms with Crippen LogP contribution in [-0.4, -0.2) is 47.1 Å². The van der Waals surface area contributed by atoms with E-state index in [2.05, 4.69) is 5.32 Å². The second-order valence-corrected chi connectivity index (χ2v) is 5.79. The third kappa shape index (κ3) is 4.25. The number of benzene rings is 1. The zero-order valence-corrected chi connectivity index (χ0v) is 13.1. The van der Waals surface area contributed by atoms with Crippen LogP contribution in [0.1, 0.15) is 35.7 Å². The van der Waals surface area contributed by atoms with E-state index in [4.69, 9.17) is 0 Å². The SMILES string of the molecule is CC(=O)N[C@H]1CCN(C(=O)c2ccccc2C(F)(F)F)CC[C@@H]1O. The average Bonchev–Trinajstić information content (AvgIpc) is 2.68. The number of alkyl halides is 3. The van der Waals surface area contributed by atoms with Crippen molar-refractivity contribution in [3.63, 3.8) is 0 Å². The Morgan fingerprint density at radius 3 is 2.46 bits per heavy atom. The fourth-order valence-electron chi connectivity index (χ4n) is 2.81. The van der Waals surface area contributed by atoms with Gasteiger partial charge in [0.15, 0.2) is 0 Å². The summed E-state index contributed by atoms with van der Waals surface area (Å²) in [6.07, 6.45) is -4.99. The van der Waals surface area contributed by atoms with Gasteiger partial charge in [0.25, 0.3) is 5.91 Å². The van der Waals surface area contributed by atoms with E-state index in [-0.39, 0.29) is 31.8 Å². The van der Waals surface area contributed by atoms with Gasteiger partial charge >= 0.3 is 6.18 Å². The first-order valence-electron chi connectivity index (χ1n) is 7.61. The molecule has 1 fully saturated rings. The molecule has 1 aromatic rings. The second-order valence-electron chi connectivity index (χ2n) is 5.79. The van der Waals surface area contributed by atoms with Crippen LogP contribution in [0.3, 0.4) is 0 Å². The fraction of sp³-hybridized carbons (Fsp3) is 0.500. The molecule has 132 valence electrons. The molecule has 0 spiro atoms. The van der Waals surface area contributed by atoms with Crippen molar-refractivity contribution >= 4 is 11.8 Å². The number of aliphatic hydroxyl groups is 1. The maximum atomic E-state index is 13.1. The number of likely N-dealkylation sites (tertiary alicyclic amines) is 1. The normalized spacial score (nSPS) is 22.0. The largest absolute Gasteiger partial charge is 0.417 e. The fourth-order valence-corrected chi connectivity index (χ4v) is 2.81. The molecule has 0 radical (unpaired) electrons. The highest BCUT2D eigenvalue weighted by atomic mass is 19.4. The molecule has 1 aromatic carbocycles. The van der Waals surface area contributed by atoms with E-state index in [0.717, 1.165) is 12.1 Å². The van der Waals surface area contributed by atoms with Crippen molar-refractivity contribution in [3.8, 4) is 0 Å². The van der Waals surface area contributed by atoms with E-state index in [1.165, 1.54) is 24.0 Å². The number of amides is 2. The number of halogens is 3. The van der Waals surface area contributed by atoms with E-state index in [0.29, 0.717) is 0 Å². The Labute approximate surface area is 137 Å². The Morgan fingerprint density at radius 2 is 1.83 bits per heavy atom. The molecule has 0 bridgehead atoms. The van der Waals surface area contributed by atoms with Gasteiger partial charge in [-0.25, -0.2) is 0 Å². The van der Waals surface area contributed by atoms with Crippen LogP contribution in [-0.2, 0) is 11.0 Å². The number of nitrogens with zero attached hydrogens (tertiary/aromatic N) is 1. The van der Waals surface area contributed by atoms with Crippen LogP contribution >= 0.6 is 0 Å². The van der Waals surface area contributed by atoms with Gasteiger partial charge in [0.2, 0.25) is 5.91 Å². The van der Waals surface area contributed by atoms with Gasteiger partial charge < -0.3 is 15.3 Å². The highest BCUT2D eigenvalue weighted by Crippen LogP contribution is 2.32. The Morgan fingerprint density at radius 1 is 1.21 bits per heavy atom. The summed E-state index contributed by atoms with van der Waals surface area (Å²) < 4.78 is 39.2. The highest BCUT2D eigenvalue weighted by Gasteiger charge is 2.36. The Bertz CT molecular complexity index is 619. The molecule has 1 aliphatic heterocycles. The molecule has 5 nitrogen and oxygen atoms in total. The minimum atomic E-state index is -4.61. The molecule has 24 heavy (non-hydrogen) atoms. The lowest BCUT2D eigenvalue weighted by atomic mass is 10.1. The van der Waals surface area contributed by atoms with Crippen LogP contribution in [0.25, 0.3) is 0 Å². The Hall–Kier alpha value is -2.09. The van der Waals surface area contributed by atoms with Gasteiger partial charge in [0.1, 0.15) is 0 Å². The average molecular weight is 344 g/mol. The second kappa shape index (κ2) is 7.21. The van der Waals surface area contributed by atoms with Gasteiger partial charge in [-0.05, 0) is 25.0 Å². The third-order valence-electron chi connectivity index (χ3n) is 4.01. The summed E-state index contributed by atoms with van der Waals surface area (Å²) in [6, 6.07) is 4.13. The summed E-state index contributed by atoms with van der Waals surface area (Å²) in [5.41, 5.74) is -1.38. The lowest BCUT2D eigenvalue weighted by Crippen LogP contribution is -2.42. The van der Waals surface area contributed by atoms with E-state index in [1.807, 2.05) is 0 Å². The smallest absolute Gasteiger partial charge is 0.391 e. The standard InChI is InChI=1S/C16H19F3N2O3/c1-10(22)20-13-6-8-21(9-7-14(13)23)15(24)11-4-2-3-5-12(11)16(17,18)19/h2-5,13-14,23H,6-9H2,1H3,(H,20,22)/t13-,14-/m0/s1. The van der Waals surface area contributed by atoms with Crippen molar-refractivity contribution in [1.29, 1.82) is 0 Å². The highest BCUT2D eigenvalue weighted by molar-refractivity contribution is 5.96. The van der Waals surface area contributed by atoms with Gasteiger partial charge in [0, 0.05) is 20.0 Å². The Kier molecular flexibility index (Phi) is 5.48. The van der Waals surface area contributed by atoms with Crippen LogP contribution in [0.2, 0.25) is 0 Å². The number of rotatable bonds is 2. The molecule has 0 saturated carbocycles. The minimum absolute atomic E-state index is 0.127. The van der Waals surface area contributed by atoms with Gasteiger partial charge in [0.05, 0.1) is 23.3 Å². The predicted octanol–water partition coefficient (Wildman–Crippen LogP) is 1.81. The van der Waals surface area contributed by atoms with Crippen LogP contribution in [0.5, 0.6) is 0 Å². The maximum Gasteiger partial charge on any atom is 0.417 e. The number of hydrogen-bond acceptors (Lipinski definition) is 3. The molecule has 0 unspecified atom stereocenters. The van der Waals surface area contributed by atoms with Crippen LogP contribution in [0, 0.1) is 0 Å². The van der Waals surface area contributed by atoms with Crippen molar-refractivity contribution in [2.45, 2.75) is 38.1 Å². The number of nitrogens with one attached hydrogen (secondary N) is 1. The molecule has 2 amide bonds. The van der Waals surface area contributed by atoms with Gasteiger partial charge in [-0.3, -0.25) is 9.59 Å². The van der Waals surface area contributed by atoms with Crippen LogP contribution in [0.15, 0.2) is 24.3 Å². The monoisotopic (exact) mass is 344 g/mol. The molecule has 1 heterocycles. The summed E-state index contributed by atoms with van der Waals surface area (Å²) in [5, 5.41) is 12.6. The quantitative estimate of drug-likeness (QED) is 0.860. The van der Waals surface area contributed by atoms with Crippen molar-refractivity contribution in [2.24, 2.45) is 0 Å². The number of carbonyl (C=O) groups excluding carboxylic acids is 2. The number of aliphatic hydroxyl groups excluding tert-OH is 1. The van der Waals surface area contributed by atoms with Crippen molar-refractivity contribution in [1.82, 2.24) is 10.2 Å². The molecule has 1 aliphatic rings. The summed E-state index contributed by atoms with van der Waals surface area (Å²) in [7, 11) is 0. The van der Waals surface area contributed by atoms with Crippen LogP contribution in [0.4, 0.5) is 13.2 Å². The molecule has 2 N–H and O–H groups in total. The summed E-state index contributed by atoms with van der Waals surface area (Å²) in [5.74, 6) is -1.03. The zero-order valence-electron chi connectivity index (χ0n) is 13.1. The zero-order chi connectivity index (χ0) is 17.9. The van der Waals surface area contributed by atoms with E-state index >= 15 is 0 Å². The molecule has 0 aliphatic carbocycles. The number of carbonyl (C=O) groups is 2. The Balaban J connectivity index is 2.18. The lowest BCUT2D eigenvalue weighted by Gasteiger charge is -2.22.